The van der Waals surface area contributed by atoms with E-state index in [1.807, 2.05) is 38.1 Å². The summed E-state index contributed by atoms with van der Waals surface area (Å²) < 4.78 is 0. The van der Waals surface area contributed by atoms with Gasteiger partial charge in [0.15, 0.2) is 0 Å². The fourth-order valence-electron chi connectivity index (χ4n) is 1.29. The number of rotatable bonds is 4. The van der Waals surface area contributed by atoms with Gasteiger partial charge in [-0.2, -0.15) is 10.0 Å². The minimum atomic E-state index is -1.22. The zero-order chi connectivity index (χ0) is 10.6. The van der Waals surface area contributed by atoms with Gasteiger partial charge in [-0.1, -0.05) is 42.1 Å². The molecule has 14 heavy (non-hydrogen) atoms. The molecular formula is C10H15NO3. The third kappa shape index (κ3) is 3.08. The van der Waals surface area contributed by atoms with Crippen LogP contribution >= 0.6 is 0 Å². The van der Waals surface area contributed by atoms with E-state index in [1.165, 1.54) is 0 Å². The predicted octanol–water partition coefficient (Wildman–Crippen LogP) is 1.15. The largest absolute Gasteiger partial charge is 0.566 e. The van der Waals surface area contributed by atoms with Crippen LogP contribution in [0.25, 0.3) is 0 Å². The zero-order valence-electron chi connectivity index (χ0n) is 8.36. The maximum Gasteiger partial charge on any atom is 0.146 e. The summed E-state index contributed by atoms with van der Waals surface area (Å²) in [6.45, 7) is 3.89. The van der Waals surface area contributed by atoms with Crippen LogP contribution in [0.3, 0.4) is 0 Å². The Bertz CT molecular complexity index is 271. The first-order chi connectivity index (χ1) is 6.63. The molecule has 0 bridgehead atoms. The zero-order valence-corrected chi connectivity index (χ0v) is 8.36. The van der Waals surface area contributed by atoms with Crippen LogP contribution in [0.2, 0.25) is 0 Å². The Balaban J connectivity index is 2.73. The Morgan fingerprint density at radius 2 is 2.00 bits per heavy atom. The van der Waals surface area contributed by atoms with Crippen molar-refractivity contribution < 1.29 is 15.4 Å². The van der Waals surface area contributed by atoms with E-state index in [0.717, 1.165) is 11.1 Å². The molecule has 1 aromatic rings. The highest BCUT2D eigenvalue weighted by molar-refractivity contribution is 5.22. The quantitative estimate of drug-likeness (QED) is 0.712. The van der Waals surface area contributed by atoms with Crippen LogP contribution < -0.4 is 5.39 Å². The van der Waals surface area contributed by atoms with E-state index in [2.05, 4.69) is 0 Å². The van der Waals surface area contributed by atoms with Crippen molar-refractivity contribution in [3.63, 3.8) is 0 Å². The van der Waals surface area contributed by atoms with Crippen LogP contribution in [0.5, 0.6) is 0 Å². The van der Waals surface area contributed by atoms with Gasteiger partial charge in [0.05, 0.1) is 0 Å². The topological polar surface area (TPSA) is 57.0 Å². The number of hydrogen-bond donors (Lipinski definition) is 2. The minimum Gasteiger partial charge on any atom is -0.566 e. The number of benzene rings is 1. The van der Waals surface area contributed by atoms with Gasteiger partial charge in [0.2, 0.25) is 0 Å². The maximum absolute atomic E-state index is 10.4. The van der Waals surface area contributed by atoms with Crippen molar-refractivity contribution in [1.82, 2.24) is 0 Å². The molecule has 0 aliphatic heterocycles. The summed E-state index contributed by atoms with van der Waals surface area (Å²) in [5.41, 5.74) is 2.06. The highest BCUT2D eigenvalue weighted by Gasteiger charge is 2.13. The average molecular weight is 197 g/mol. The molecule has 2 N–H and O–H groups in total. The van der Waals surface area contributed by atoms with E-state index in [0.29, 0.717) is 6.42 Å². The van der Waals surface area contributed by atoms with Crippen molar-refractivity contribution in [2.75, 3.05) is 0 Å². The lowest BCUT2D eigenvalue weighted by atomic mass is 10.1. The normalized spacial score (nSPS) is 15.1. The number of nitrogens with one attached hydrogen (secondary N) is 1. The van der Waals surface area contributed by atoms with Crippen molar-refractivity contribution in [3.05, 3.63) is 40.6 Å². The second kappa shape index (κ2) is 5.07. The van der Waals surface area contributed by atoms with Crippen LogP contribution in [0.1, 0.15) is 30.6 Å². The summed E-state index contributed by atoms with van der Waals surface area (Å²) in [4.78, 5) is 4.74. The molecule has 1 aromatic carbocycles. The van der Waals surface area contributed by atoms with Crippen molar-refractivity contribution in [3.8, 4) is 0 Å². The molecule has 2 atom stereocenters. The van der Waals surface area contributed by atoms with Crippen LogP contribution in [0, 0.1) is 12.1 Å². The molecule has 0 aliphatic carbocycles. The lowest BCUT2D eigenvalue weighted by molar-refractivity contribution is -1.21. The summed E-state index contributed by atoms with van der Waals surface area (Å²) in [5, 5.41) is 17.7. The highest BCUT2D eigenvalue weighted by Crippen LogP contribution is 2.18. The van der Waals surface area contributed by atoms with Crippen molar-refractivity contribution >= 4 is 0 Å². The monoisotopic (exact) mass is 197 g/mol. The molecule has 1 rings (SSSR count). The number of quaternary nitrogens is 1. The van der Waals surface area contributed by atoms with Gasteiger partial charge in [-0.15, -0.1) is 0 Å². The van der Waals surface area contributed by atoms with E-state index in [-0.39, 0.29) is 6.10 Å². The predicted molar refractivity (Wildman–Crippen MR) is 51.4 cm³/mol. The number of hydrogen-bond acceptors (Lipinski definition) is 3. The molecule has 0 spiro atoms. The summed E-state index contributed by atoms with van der Waals surface area (Å²) in [7, 11) is 0. The molecule has 0 aromatic heterocycles. The molecule has 4 nitrogen and oxygen atoms in total. The smallest absolute Gasteiger partial charge is 0.146 e. The first-order valence-electron chi connectivity index (χ1n) is 4.59. The van der Waals surface area contributed by atoms with Crippen LogP contribution in [-0.2, 0) is 4.84 Å². The fraction of sp³-hybridized carbons (Fsp3) is 0.400. The molecule has 0 saturated heterocycles. The number of aryl methyl sites for hydroxylation is 1. The second-order valence-electron chi connectivity index (χ2n) is 3.19. The van der Waals surface area contributed by atoms with Gasteiger partial charge in [0.1, 0.15) is 6.10 Å². The van der Waals surface area contributed by atoms with Gasteiger partial charge in [-0.25, -0.2) is 0 Å². The summed E-state index contributed by atoms with van der Waals surface area (Å²) in [6.07, 6.45) is 0.295. The lowest BCUT2D eigenvalue weighted by Crippen LogP contribution is -3.03. The van der Waals surface area contributed by atoms with Gasteiger partial charge in [0, 0.05) is 0 Å². The molecule has 0 heterocycles. The van der Waals surface area contributed by atoms with Crippen LogP contribution in [0.15, 0.2) is 24.3 Å². The Morgan fingerprint density at radius 3 is 2.43 bits per heavy atom. The molecule has 2 unspecified atom stereocenters. The van der Waals surface area contributed by atoms with Gasteiger partial charge < -0.3 is 5.21 Å². The van der Waals surface area contributed by atoms with Crippen LogP contribution in [-0.4, -0.2) is 5.21 Å². The van der Waals surface area contributed by atoms with E-state index in [1.54, 1.807) is 0 Å². The first kappa shape index (κ1) is 11.1. The molecule has 78 valence electrons. The summed E-state index contributed by atoms with van der Waals surface area (Å²) in [5.74, 6) is 0. The van der Waals surface area contributed by atoms with Gasteiger partial charge in [0.25, 0.3) is 0 Å². The van der Waals surface area contributed by atoms with Crippen molar-refractivity contribution in [1.29, 1.82) is 0 Å². The van der Waals surface area contributed by atoms with Crippen molar-refractivity contribution in [2.24, 2.45) is 0 Å². The third-order valence-corrected chi connectivity index (χ3v) is 2.06. The van der Waals surface area contributed by atoms with Gasteiger partial charge in [-0.3, -0.25) is 0 Å². The highest BCUT2D eigenvalue weighted by atomic mass is 17.1. The maximum atomic E-state index is 10.4. The molecular weight excluding hydrogens is 182 g/mol. The standard InChI is InChI=1S/C10H15NO3/c1-3-10(14-11(12)13)9-6-4-8(2)5-7-9/h4-7,10-12H,3H2,1-2H3. The molecule has 0 fully saturated rings. The summed E-state index contributed by atoms with van der Waals surface area (Å²) >= 11 is 0. The fourth-order valence-corrected chi connectivity index (χ4v) is 1.29. The van der Waals surface area contributed by atoms with Gasteiger partial charge in [-0.05, 0) is 18.9 Å². The Kier molecular flexibility index (Phi) is 4.03. The Labute approximate surface area is 83.2 Å². The van der Waals surface area contributed by atoms with E-state index in [9.17, 15) is 5.21 Å². The average Bonchev–Trinajstić information content (AvgIpc) is 2.15. The van der Waals surface area contributed by atoms with E-state index < -0.39 is 5.39 Å². The van der Waals surface area contributed by atoms with Crippen molar-refractivity contribution in [2.45, 2.75) is 26.4 Å². The minimum absolute atomic E-state index is 0.354. The molecule has 0 radical (unpaired) electrons. The molecule has 0 amide bonds. The first-order valence-corrected chi connectivity index (χ1v) is 4.59. The van der Waals surface area contributed by atoms with Crippen LogP contribution in [0.4, 0.5) is 0 Å². The van der Waals surface area contributed by atoms with E-state index >= 15 is 0 Å². The lowest BCUT2D eigenvalue weighted by Gasteiger charge is -2.18. The SMILES string of the molecule is CCC(O[NH+]([O-])O)c1ccc(C)cc1. The Hall–Kier alpha value is -0.940. The third-order valence-electron chi connectivity index (χ3n) is 2.06. The summed E-state index contributed by atoms with van der Waals surface area (Å²) in [6, 6.07) is 7.69. The van der Waals surface area contributed by atoms with Gasteiger partial charge >= 0.3 is 0 Å². The molecule has 0 aliphatic rings. The molecule has 0 saturated carbocycles. The molecule has 4 heteroatoms. The second-order valence-corrected chi connectivity index (χ2v) is 3.19. The Morgan fingerprint density at radius 1 is 1.43 bits per heavy atom. The van der Waals surface area contributed by atoms with E-state index in [4.69, 9.17) is 10.0 Å².